The summed E-state index contributed by atoms with van der Waals surface area (Å²) in [6.07, 6.45) is 6.03. The SMILES string of the molecule is N[C@@H]1CCN2CN(c3ccc(C4(CCN5CCOCC5)CCC4)cc3)C(=O)[C@H]12. The number of ether oxygens (including phenoxy) is 1. The number of nitrogens with two attached hydrogens (primary N) is 1. The first kappa shape index (κ1) is 18.6. The lowest BCUT2D eigenvalue weighted by Gasteiger charge is -2.44. The lowest BCUT2D eigenvalue weighted by atomic mass is 9.62. The molecule has 3 heterocycles. The van der Waals surface area contributed by atoms with E-state index in [-0.39, 0.29) is 18.0 Å². The first-order chi connectivity index (χ1) is 13.7. The molecule has 3 aliphatic heterocycles. The van der Waals surface area contributed by atoms with Crippen molar-refractivity contribution in [3.05, 3.63) is 29.8 Å². The standard InChI is InChI=1S/C22H32N4O2/c23-19-6-10-25-16-26(21(27)20(19)25)18-4-2-17(3-5-18)22(7-1-8-22)9-11-24-12-14-28-15-13-24/h2-5,19-20H,1,6-16,23H2/t19-,20+/m1/s1. The van der Waals surface area contributed by atoms with Crippen LogP contribution in [0.5, 0.6) is 0 Å². The van der Waals surface area contributed by atoms with Crippen molar-refractivity contribution in [2.75, 3.05) is 51.0 Å². The van der Waals surface area contributed by atoms with Gasteiger partial charge < -0.3 is 10.5 Å². The number of rotatable bonds is 5. The van der Waals surface area contributed by atoms with Crippen LogP contribution in [0, 0.1) is 0 Å². The largest absolute Gasteiger partial charge is 0.379 e. The van der Waals surface area contributed by atoms with Gasteiger partial charge in [0.25, 0.3) is 0 Å². The maximum atomic E-state index is 12.8. The molecular formula is C22H32N4O2. The normalized spacial score (nSPS) is 30.5. The van der Waals surface area contributed by atoms with E-state index >= 15 is 0 Å². The van der Waals surface area contributed by atoms with Crippen LogP contribution in [-0.4, -0.2) is 73.9 Å². The highest BCUT2D eigenvalue weighted by Gasteiger charge is 2.46. The summed E-state index contributed by atoms with van der Waals surface area (Å²) in [4.78, 5) is 19.5. The second-order valence-corrected chi connectivity index (χ2v) is 9.00. The average Bonchev–Trinajstić information content (AvgIpc) is 3.22. The van der Waals surface area contributed by atoms with Crippen molar-refractivity contribution in [3.63, 3.8) is 0 Å². The zero-order valence-corrected chi connectivity index (χ0v) is 16.7. The molecule has 0 spiro atoms. The highest BCUT2D eigenvalue weighted by molar-refractivity contribution is 6.00. The van der Waals surface area contributed by atoms with E-state index in [0.717, 1.165) is 51.5 Å². The Morgan fingerprint density at radius 2 is 1.86 bits per heavy atom. The third-order valence-electron chi connectivity index (χ3n) is 7.50. The molecular weight excluding hydrogens is 352 g/mol. The van der Waals surface area contributed by atoms with Crippen LogP contribution in [0.2, 0.25) is 0 Å². The molecule has 6 nitrogen and oxygen atoms in total. The van der Waals surface area contributed by atoms with Crippen LogP contribution >= 0.6 is 0 Å². The number of carbonyl (C=O) groups excluding carboxylic acids is 1. The minimum Gasteiger partial charge on any atom is -0.379 e. The first-order valence-corrected chi connectivity index (χ1v) is 10.9. The van der Waals surface area contributed by atoms with Crippen molar-refractivity contribution in [1.29, 1.82) is 0 Å². The molecule has 2 atom stereocenters. The van der Waals surface area contributed by atoms with Gasteiger partial charge in [-0.05, 0) is 55.3 Å². The molecule has 4 aliphatic rings. The number of anilines is 1. The predicted octanol–water partition coefficient (Wildman–Crippen LogP) is 1.54. The molecule has 0 aromatic heterocycles. The van der Waals surface area contributed by atoms with Gasteiger partial charge in [-0.1, -0.05) is 18.6 Å². The van der Waals surface area contributed by atoms with Crippen LogP contribution < -0.4 is 10.6 Å². The molecule has 1 aromatic carbocycles. The quantitative estimate of drug-likeness (QED) is 0.834. The van der Waals surface area contributed by atoms with Crippen molar-refractivity contribution >= 4 is 11.6 Å². The van der Waals surface area contributed by atoms with Crippen LogP contribution in [0.1, 0.15) is 37.7 Å². The maximum Gasteiger partial charge on any atom is 0.247 e. The summed E-state index contributed by atoms with van der Waals surface area (Å²) in [5.74, 6) is 0.170. The highest BCUT2D eigenvalue weighted by atomic mass is 16.5. The van der Waals surface area contributed by atoms with E-state index in [1.54, 1.807) is 0 Å². The molecule has 3 saturated heterocycles. The number of carbonyl (C=O) groups is 1. The van der Waals surface area contributed by atoms with Crippen molar-refractivity contribution < 1.29 is 9.53 Å². The lowest BCUT2D eigenvalue weighted by Crippen LogP contribution is -2.42. The van der Waals surface area contributed by atoms with E-state index in [2.05, 4.69) is 34.1 Å². The minimum absolute atomic E-state index is 0.0183. The first-order valence-electron chi connectivity index (χ1n) is 10.9. The predicted molar refractivity (Wildman–Crippen MR) is 109 cm³/mol. The molecule has 0 radical (unpaired) electrons. The molecule has 4 fully saturated rings. The summed E-state index contributed by atoms with van der Waals surface area (Å²) in [5, 5.41) is 0. The minimum atomic E-state index is -0.119. The Labute approximate surface area is 167 Å². The van der Waals surface area contributed by atoms with Gasteiger partial charge in [-0.3, -0.25) is 19.5 Å². The Balaban J connectivity index is 1.27. The molecule has 0 bridgehead atoms. The number of hydrogen-bond donors (Lipinski definition) is 1. The number of nitrogens with zero attached hydrogens (tertiary/aromatic N) is 3. The van der Waals surface area contributed by atoms with Crippen LogP contribution in [0.3, 0.4) is 0 Å². The number of benzene rings is 1. The van der Waals surface area contributed by atoms with Crippen molar-refractivity contribution in [2.45, 2.75) is 49.6 Å². The molecule has 28 heavy (non-hydrogen) atoms. The number of fused-ring (bicyclic) bond motifs is 1. The van der Waals surface area contributed by atoms with Gasteiger partial charge in [0.15, 0.2) is 0 Å². The van der Waals surface area contributed by atoms with Crippen molar-refractivity contribution in [3.8, 4) is 0 Å². The summed E-state index contributed by atoms with van der Waals surface area (Å²) >= 11 is 0. The Bertz CT molecular complexity index is 712. The second kappa shape index (κ2) is 7.41. The Morgan fingerprint density at radius 3 is 2.50 bits per heavy atom. The van der Waals surface area contributed by atoms with E-state index in [9.17, 15) is 4.79 Å². The van der Waals surface area contributed by atoms with Gasteiger partial charge in [-0.2, -0.15) is 0 Å². The smallest absolute Gasteiger partial charge is 0.247 e. The topological polar surface area (TPSA) is 62.0 Å². The molecule has 0 unspecified atom stereocenters. The number of hydrogen-bond acceptors (Lipinski definition) is 5. The van der Waals surface area contributed by atoms with Gasteiger partial charge in [-0.25, -0.2) is 0 Å². The summed E-state index contributed by atoms with van der Waals surface area (Å²) < 4.78 is 5.48. The van der Waals surface area contributed by atoms with Gasteiger partial charge in [-0.15, -0.1) is 0 Å². The maximum absolute atomic E-state index is 12.8. The molecule has 1 aromatic rings. The van der Waals surface area contributed by atoms with Crippen LogP contribution in [0.15, 0.2) is 24.3 Å². The Kier molecular flexibility index (Phi) is 4.91. The zero-order valence-electron chi connectivity index (χ0n) is 16.7. The second-order valence-electron chi connectivity index (χ2n) is 9.00. The van der Waals surface area contributed by atoms with E-state index < -0.39 is 0 Å². The third kappa shape index (κ3) is 3.16. The number of amides is 1. The summed E-state index contributed by atoms with van der Waals surface area (Å²) in [6, 6.07) is 8.70. The fourth-order valence-corrected chi connectivity index (χ4v) is 5.48. The van der Waals surface area contributed by atoms with Gasteiger partial charge in [0.2, 0.25) is 5.91 Å². The Hall–Kier alpha value is -1.47. The van der Waals surface area contributed by atoms with Crippen LogP contribution in [0.4, 0.5) is 5.69 Å². The van der Waals surface area contributed by atoms with Crippen LogP contribution in [0.25, 0.3) is 0 Å². The molecule has 1 saturated carbocycles. The molecule has 1 amide bonds. The van der Waals surface area contributed by atoms with E-state index in [1.807, 2.05) is 4.90 Å². The van der Waals surface area contributed by atoms with Crippen molar-refractivity contribution in [2.24, 2.45) is 5.73 Å². The summed E-state index contributed by atoms with van der Waals surface area (Å²) in [5.41, 5.74) is 8.94. The highest BCUT2D eigenvalue weighted by Crippen LogP contribution is 2.47. The molecule has 5 rings (SSSR count). The fourth-order valence-electron chi connectivity index (χ4n) is 5.48. The Morgan fingerprint density at radius 1 is 1.11 bits per heavy atom. The van der Waals surface area contributed by atoms with E-state index in [0.29, 0.717) is 12.1 Å². The van der Waals surface area contributed by atoms with E-state index in [1.165, 1.54) is 31.2 Å². The monoisotopic (exact) mass is 384 g/mol. The van der Waals surface area contributed by atoms with Gasteiger partial charge >= 0.3 is 0 Å². The van der Waals surface area contributed by atoms with Crippen LogP contribution in [-0.2, 0) is 14.9 Å². The van der Waals surface area contributed by atoms with Gasteiger partial charge in [0.1, 0.15) is 6.04 Å². The number of morpholine rings is 1. The molecule has 1 aliphatic carbocycles. The van der Waals surface area contributed by atoms with E-state index in [4.69, 9.17) is 10.5 Å². The molecule has 2 N–H and O–H groups in total. The summed E-state index contributed by atoms with van der Waals surface area (Å²) in [6.45, 7) is 6.62. The fraction of sp³-hybridized carbons (Fsp3) is 0.682. The molecule has 6 heteroatoms. The van der Waals surface area contributed by atoms with Gasteiger partial charge in [0, 0.05) is 31.4 Å². The molecule has 152 valence electrons. The van der Waals surface area contributed by atoms with Gasteiger partial charge in [0.05, 0.1) is 19.9 Å². The lowest BCUT2D eigenvalue weighted by molar-refractivity contribution is -0.119. The third-order valence-corrected chi connectivity index (χ3v) is 7.50. The summed E-state index contributed by atoms with van der Waals surface area (Å²) in [7, 11) is 0. The zero-order chi connectivity index (χ0) is 19.1. The van der Waals surface area contributed by atoms with Crippen molar-refractivity contribution in [1.82, 2.24) is 9.80 Å². The average molecular weight is 385 g/mol.